The standard InChI is InChI=1S/C19H24N2O4.C6H8O7/c1-13(9-14-3-6-16(25-2)7-4-14)20-11-19(24)15-5-8-18(23)17(10-15)21-12-22;7-3(8)1-6(13,5(11)12)2-4(9)10/h3-8,10,12-13,19-20,23-24H,9,11H2,1-2H3,(H,21,22);13H,1-2H2,(H,7,8)(H,9,10)(H,11,12). The van der Waals surface area contributed by atoms with Gasteiger partial charge in [-0.1, -0.05) is 18.2 Å². The lowest BCUT2D eigenvalue weighted by Crippen LogP contribution is -2.42. The molecule has 38 heavy (non-hydrogen) atoms. The van der Waals surface area contributed by atoms with Crippen molar-refractivity contribution in [2.75, 3.05) is 19.0 Å². The van der Waals surface area contributed by atoms with Crippen molar-refractivity contribution in [2.45, 2.75) is 43.9 Å². The third-order valence-electron chi connectivity index (χ3n) is 5.27. The first kappa shape index (κ1) is 31.8. The number of aliphatic hydroxyl groups excluding tert-OH is 1. The Labute approximate surface area is 218 Å². The zero-order chi connectivity index (χ0) is 28.9. The van der Waals surface area contributed by atoms with E-state index in [1.807, 2.05) is 31.2 Å². The maximum atomic E-state index is 10.5. The monoisotopic (exact) mass is 536 g/mol. The molecule has 0 saturated heterocycles. The van der Waals surface area contributed by atoms with Crippen LogP contribution in [0.3, 0.4) is 0 Å². The van der Waals surface area contributed by atoms with Crippen LogP contribution in [0.4, 0.5) is 5.69 Å². The number of hydrogen-bond acceptors (Lipinski definition) is 9. The molecule has 0 aliphatic heterocycles. The van der Waals surface area contributed by atoms with Gasteiger partial charge in [-0.15, -0.1) is 0 Å². The Morgan fingerprint density at radius 2 is 1.61 bits per heavy atom. The predicted octanol–water partition coefficient (Wildman–Crippen LogP) is 0.975. The molecule has 208 valence electrons. The van der Waals surface area contributed by atoms with Crippen molar-refractivity contribution >= 4 is 30.0 Å². The van der Waals surface area contributed by atoms with Crippen molar-refractivity contribution in [2.24, 2.45) is 0 Å². The van der Waals surface area contributed by atoms with Crippen LogP contribution < -0.4 is 15.4 Å². The highest BCUT2D eigenvalue weighted by molar-refractivity contribution is 5.88. The number of carboxylic acids is 3. The van der Waals surface area contributed by atoms with Crippen molar-refractivity contribution in [3.63, 3.8) is 0 Å². The highest BCUT2D eigenvalue weighted by Crippen LogP contribution is 2.26. The molecule has 2 unspecified atom stereocenters. The third-order valence-corrected chi connectivity index (χ3v) is 5.27. The van der Waals surface area contributed by atoms with Gasteiger partial charge in [0.15, 0.2) is 5.60 Å². The maximum absolute atomic E-state index is 10.5. The number of aliphatic carboxylic acids is 3. The van der Waals surface area contributed by atoms with Crippen molar-refractivity contribution in [3.05, 3.63) is 53.6 Å². The molecule has 2 rings (SSSR count). The number of nitrogens with one attached hydrogen (secondary N) is 2. The smallest absolute Gasteiger partial charge is 0.336 e. The molecule has 0 saturated carbocycles. The van der Waals surface area contributed by atoms with Crippen molar-refractivity contribution in [1.82, 2.24) is 5.32 Å². The predicted molar refractivity (Wildman–Crippen MR) is 134 cm³/mol. The molecule has 2 aromatic rings. The number of aromatic hydroxyl groups is 1. The van der Waals surface area contributed by atoms with Crippen molar-refractivity contribution < 1.29 is 54.6 Å². The van der Waals surface area contributed by atoms with Gasteiger partial charge >= 0.3 is 17.9 Å². The van der Waals surface area contributed by atoms with E-state index in [2.05, 4.69) is 10.6 Å². The van der Waals surface area contributed by atoms with Crippen LogP contribution in [0.2, 0.25) is 0 Å². The second kappa shape index (κ2) is 15.1. The van der Waals surface area contributed by atoms with Crippen molar-refractivity contribution in [1.29, 1.82) is 0 Å². The first-order valence-corrected chi connectivity index (χ1v) is 11.3. The third kappa shape index (κ3) is 10.8. The molecule has 0 heterocycles. The molecular weight excluding hydrogens is 504 g/mol. The summed E-state index contributed by atoms with van der Waals surface area (Å²) < 4.78 is 5.14. The largest absolute Gasteiger partial charge is 0.506 e. The fourth-order valence-electron chi connectivity index (χ4n) is 3.27. The number of methoxy groups -OCH3 is 1. The lowest BCUT2D eigenvalue weighted by atomic mass is 9.96. The number of phenolic OH excluding ortho intramolecular Hbond substituents is 1. The second-order valence-electron chi connectivity index (χ2n) is 8.39. The number of carbonyl (C=O) groups excluding carboxylic acids is 1. The van der Waals surface area contributed by atoms with Gasteiger partial charge in [0, 0.05) is 12.6 Å². The van der Waals surface area contributed by atoms with Gasteiger partial charge in [-0.2, -0.15) is 0 Å². The van der Waals surface area contributed by atoms with Crippen LogP contribution in [-0.4, -0.2) is 80.3 Å². The van der Waals surface area contributed by atoms with Crippen LogP contribution >= 0.6 is 0 Å². The molecule has 1 amide bonds. The minimum atomic E-state index is -2.74. The van der Waals surface area contributed by atoms with E-state index in [9.17, 15) is 29.4 Å². The minimum absolute atomic E-state index is 0.0381. The van der Waals surface area contributed by atoms with Gasteiger partial charge in [0.05, 0.1) is 31.7 Å². The summed E-state index contributed by atoms with van der Waals surface area (Å²) in [6.07, 6.45) is -1.72. The normalized spacial score (nSPS) is 12.3. The van der Waals surface area contributed by atoms with E-state index >= 15 is 0 Å². The number of rotatable bonds is 14. The van der Waals surface area contributed by atoms with E-state index in [-0.39, 0.29) is 17.5 Å². The first-order valence-electron chi connectivity index (χ1n) is 11.3. The number of carboxylic acid groups (broad SMARTS) is 3. The first-order chi connectivity index (χ1) is 17.8. The zero-order valence-corrected chi connectivity index (χ0v) is 20.8. The highest BCUT2D eigenvalue weighted by Gasteiger charge is 2.40. The minimum Gasteiger partial charge on any atom is -0.506 e. The Kier molecular flexibility index (Phi) is 12.7. The number of aliphatic hydroxyl groups is 2. The molecule has 0 aromatic heterocycles. The summed E-state index contributed by atoms with van der Waals surface area (Å²) in [5.41, 5.74) is -0.668. The molecule has 0 aliphatic rings. The molecular formula is C25H32N2O11. The summed E-state index contributed by atoms with van der Waals surface area (Å²) in [7, 11) is 1.64. The van der Waals surface area contributed by atoms with Gasteiger partial charge in [0.2, 0.25) is 6.41 Å². The molecule has 0 bridgehead atoms. The Balaban J connectivity index is 0.000000471. The number of carbonyl (C=O) groups is 4. The summed E-state index contributed by atoms with van der Waals surface area (Å²) in [6.45, 7) is 2.41. The molecule has 2 aromatic carbocycles. The van der Waals surface area contributed by atoms with Gasteiger partial charge in [-0.25, -0.2) is 4.79 Å². The second-order valence-corrected chi connectivity index (χ2v) is 8.39. The van der Waals surface area contributed by atoms with Gasteiger partial charge in [-0.05, 0) is 48.7 Å². The Hall–Kier alpha value is -4.20. The van der Waals surface area contributed by atoms with Crippen LogP contribution in [0, 0.1) is 0 Å². The van der Waals surface area contributed by atoms with E-state index in [0.29, 0.717) is 18.5 Å². The van der Waals surface area contributed by atoms with Gasteiger partial charge in [0.25, 0.3) is 0 Å². The Morgan fingerprint density at radius 3 is 2.08 bits per heavy atom. The summed E-state index contributed by atoms with van der Waals surface area (Å²) in [4.78, 5) is 41.0. The van der Waals surface area contributed by atoms with Crippen LogP contribution in [-0.2, 0) is 25.6 Å². The maximum Gasteiger partial charge on any atom is 0.336 e. The molecule has 0 radical (unpaired) electrons. The molecule has 0 spiro atoms. The summed E-state index contributed by atoms with van der Waals surface area (Å²) in [6, 6.07) is 12.7. The van der Waals surface area contributed by atoms with Crippen molar-refractivity contribution in [3.8, 4) is 11.5 Å². The quantitative estimate of drug-likeness (QED) is 0.125. The van der Waals surface area contributed by atoms with Crippen LogP contribution in [0.5, 0.6) is 11.5 Å². The molecule has 13 nitrogen and oxygen atoms in total. The Bertz CT molecular complexity index is 1070. The lowest BCUT2D eigenvalue weighted by molar-refractivity contribution is -0.170. The van der Waals surface area contributed by atoms with E-state index in [4.69, 9.17) is 25.2 Å². The fourth-order valence-corrected chi connectivity index (χ4v) is 3.27. The van der Waals surface area contributed by atoms with Crippen LogP contribution in [0.15, 0.2) is 42.5 Å². The summed E-state index contributed by atoms with van der Waals surface area (Å²) in [5, 5.41) is 59.5. The Morgan fingerprint density at radius 1 is 1.03 bits per heavy atom. The highest BCUT2D eigenvalue weighted by atomic mass is 16.5. The summed E-state index contributed by atoms with van der Waals surface area (Å²) in [5.74, 6) is -4.23. The van der Waals surface area contributed by atoms with E-state index in [1.165, 1.54) is 11.6 Å². The van der Waals surface area contributed by atoms with Crippen LogP contribution in [0.1, 0.15) is 37.0 Å². The molecule has 8 N–H and O–H groups in total. The lowest BCUT2D eigenvalue weighted by Gasteiger charge is -2.18. The average molecular weight is 537 g/mol. The fraction of sp³-hybridized carbons (Fsp3) is 0.360. The number of amides is 1. The molecule has 2 atom stereocenters. The molecule has 13 heteroatoms. The van der Waals surface area contributed by atoms with Gasteiger partial charge in [-0.3, -0.25) is 14.4 Å². The van der Waals surface area contributed by atoms with E-state index in [1.54, 1.807) is 19.2 Å². The topological polar surface area (TPSA) is 223 Å². The number of ether oxygens (including phenoxy) is 1. The number of benzene rings is 2. The van der Waals surface area contributed by atoms with Gasteiger partial charge < -0.3 is 46.0 Å². The van der Waals surface area contributed by atoms with Gasteiger partial charge in [0.1, 0.15) is 11.5 Å². The number of hydrogen-bond donors (Lipinski definition) is 8. The summed E-state index contributed by atoms with van der Waals surface area (Å²) >= 11 is 0. The van der Waals surface area contributed by atoms with E-state index < -0.39 is 42.5 Å². The van der Waals surface area contributed by atoms with E-state index in [0.717, 1.165) is 12.2 Å². The van der Waals surface area contributed by atoms with Crippen LogP contribution in [0.25, 0.3) is 0 Å². The molecule has 0 aliphatic carbocycles. The average Bonchev–Trinajstić information content (AvgIpc) is 2.84. The number of anilines is 1. The zero-order valence-electron chi connectivity index (χ0n) is 20.8. The molecule has 0 fully saturated rings. The number of phenols is 1. The SMILES string of the molecule is COc1ccc(CC(C)NCC(O)c2ccc(O)c(NC=O)c2)cc1.O=C(O)CC(O)(CC(=O)O)C(=O)O.